The maximum absolute atomic E-state index is 12.7. The summed E-state index contributed by atoms with van der Waals surface area (Å²) in [5, 5.41) is 3.31. The van der Waals surface area contributed by atoms with Gasteiger partial charge in [-0.15, -0.1) is 0 Å². The first kappa shape index (κ1) is 13.5. The predicted octanol–water partition coefficient (Wildman–Crippen LogP) is 1.25. The average molecular weight is 272 g/mol. The van der Waals surface area contributed by atoms with Crippen LogP contribution in [0.3, 0.4) is 0 Å². The SMILES string of the molecule is O=S(=O)(NCCCNC1CC1)c1ccc(F)cc1. The Balaban J connectivity index is 1.77. The van der Waals surface area contributed by atoms with Gasteiger partial charge in [0.15, 0.2) is 0 Å². The predicted molar refractivity (Wildman–Crippen MR) is 67.2 cm³/mol. The van der Waals surface area contributed by atoms with Crippen molar-refractivity contribution >= 4 is 10.0 Å². The van der Waals surface area contributed by atoms with Crippen LogP contribution in [-0.2, 0) is 10.0 Å². The fourth-order valence-electron chi connectivity index (χ4n) is 1.59. The van der Waals surface area contributed by atoms with Gasteiger partial charge in [-0.1, -0.05) is 0 Å². The summed E-state index contributed by atoms with van der Waals surface area (Å²) >= 11 is 0. The Morgan fingerprint density at radius 3 is 2.44 bits per heavy atom. The number of halogens is 1. The summed E-state index contributed by atoms with van der Waals surface area (Å²) in [6.07, 6.45) is 3.19. The van der Waals surface area contributed by atoms with E-state index in [2.05, 4.69) is 10.0 Å². The monoisotopic (exact) mass is 272 g/mol. The summed E-state index contributed by atoms with van der Waals surface area (Å²) in [6.45, 7) is 1.20. The minimum Gasteiger partial charge on any atom is -0.314 e. The second-order valence-electron chi connectivity index (χ2n) is 4.43. The van der Waals surface area contributed by atoms with Crippen LogP contribution in [0.15, 0.2) is 29.2 Å². The van der Waals surface area contributed by atoms with E-state index in [1.54, 1.807) is 0 Å². The molecule has 0 saturated heterocycles. The molecular weight excluding hydrogens is 255 g/mol. The maximum atomic E-state index is 12.7. The van der Waals surface area contributed by atoms with Crippen LogP contribution in [0.2, 0.25) is 0 Å². The molecule has 0 spiro atoms. The van der Waals surface area contributed by atoms with Gasteiger partial charge in [-0.2, -0.15) is 0 Å². The summed E-state index contributed by atoms with van der Waals surface area (Å²) in [6, 6.07) is 5.45. The molecule has 0 aliphatic heterocycles. The van der Waals surface area contributed by atoms with Crippen LogP contribution in [0.4, 0.5) is 4.39 Å². The molecule has 0 heterocycles. The van der Waals surface area contributed by atoms with Gasteiger partial charge in [0, 0.05) is 12.6 Å². The van der Waals surface area contributed by atoms with Crippen molar-refractivity contribution < 1.29 is 12.8 Å². The molecule has 1 aliphatic carbocycles. The topological polar surface area (TPSA) is 58.2 Å². The van der Waals surface area contributed by atoms with Crippen molar-refractivity contribution in [2.75, 3.05) is 13.1 Å². The number of hydrogen-bond donors (Lipinski definition) is 2. The van der Waals surface area contributed by atoms with Gasteiger partial charge in [0.1, 0.15) is 5.82 Å². The molecule has 1 saturated carbocycles. The third-order valence-electron chi connectivity index (χ3n) is 2.78. The Bertz CT molecular complexity index is 483. The quantitative estimate of drug-likeness (QED) is 0.734. The van der Waals surface area contributed by atoms with Gasteiger partial charge in [-0.05, 0) is 50.1 Å². The minimum absolute atomic E-state index is 0.0963. The second kappa shape index (κ2) is 5.77. The molecule has 1 aromatic rings. The van der Waals surface area contributed by atoms with Crippen molar-refractivity contribution in [1.82, 2.24) is 10.0 Å². The zero-order chi connectivity index (χ0) is 13.0. The van der Waals surface area contributed by atoms with Crippen molar-refractivity contribution in [3.8, 4) is 0 Å². The van der Waals surface area contributed by atoms with Crippen molar-refractivity contribution in [3.63, 3.8) is 0 Å². The van der Waals surface area contributed by atoms with E-state index in [1.807, 2.05) is 0 Å². The molecule has 100 valence electrons. The average Bonchev–Trinajstić information content (AvgIpc) is 3.13. The van der Waals surface area contributed by atoms with Crippen molar-refractivity contribution in [3.05, 3.63) is 30.1 Å². The molecular formula is C12H17FN2O2S. The van der Waals surface area contributed by atoms with Crippen molar-refractivity contribution in [2.45, 2.75) is 30.2 Å². The number of nitrogens with one attached hydrogen (secondary N) is 2. The van der Waals surface area contributed by atoms with Gasteiger partial charge in [-0.25, -0.2) is 17.5 Å². The van der Waals surface area contributed by atoms with E-state index in [0.29, 0.717) is 12.6 Å². The first-order chi connectivity index (χ1) is 8.58. The van der Waals surface area contributed by atoms with E-state index in [0.717, 1.165) is 25.1 Å². The molecule has 4 nitrogen and oxygen atoms in total. The molecule has 6 heteroatoms. The molecule has 1 aliphatic rings. The highest BCUT2D eigenvalue weighted by atomic mass is 32.2. The number of rotatable bonds is 7. The highest BCUT2D eigenvalue weighted by Gasteiger charge is 2.19. The normalized spacial score (nSPS) is 15.8. The molecule has 2 rings (SSSR count). The Morgan fingerprint density at radius 1 is 1.17 bits per heavy atom. The van der Waals surface area contributed by atoms with Gasteiger partial charge in [0.05, 0.1) is 4.90 Å². The summed E-state index contributed by atoms with van der Waals surface area (Å²) in [5.74, 6) is -0.442. The van der Waals surface area contributed by atoms with Crippen molar-refractivity contribution in [2.24, 2.45) is 0 Å². The third kappa shape index (κ3) is 4.04. The van der Waals surface area contributed by atoms with Crippen LogP contribution in [0.1, 0.15) is 19.3 Å². The van der Waals surface area contributed by atoms with Crippen LogP contribution >= 0.6 is 0 Å². The van der Waals surface area contributed by atoms with E-state index in [4.69, 9.17) is 0 Å². The molecule has 0 radical (unpaired) electrons. The van der Waals surface area contributed by atoms with Gasteiger partial charge >= 0.3 is 0 Å². The zero-order valence-corrected chi connectivity index (χ0v) is 10.8. The lowest BCUT2D eigenvalue weighted by atomic mass is 10.4. The number of benzene rings is 1. The third-order valence-corrected chi connectivity index (χ3v) is 4.26. The van der Waals surface area contributed by atoms with Gasteiger partial charge in [0.2, 0.25) is 10.0 Å². The Labute approximate surface area is 107 Å². The molecule has 0 atom stereocenters. The lowest BCUT2D eigenvalue weighted by Gasteiger charge is -2.07. The summed E-state index contributed by atoms with van der Waals surface area (Å²) in [5.41, 5.74) is 0. The lowest BCUT2D eigenvalue weighted by Crippen LogP contribution is -2.28. The summed E-state index contributed by atoms with van der Waals surface area (Å²) in [4.78, 5) is 0.0963. The van der Waals surface area contributed by atoms with Crippen LogP contribution in [0.5, 0.6) is 0 Å². The van der Waals surface area contributed by atoms with Gasteiger partial charge < -0.3 is 5.32 Å². The van der Waals surface area contributed by atoms with Gasteiger partial charge in [0.25, 0.3) is 0 Å². The van der Waals surface area contributed by atoms with E-state index in [1.165, 1.54) is 25.0 Å². The summed E-state index contributed by atoms with van der Waals surface area (Å²) in [7, 11) is -3.51. The first-order valence-corrected chi connectivity index (χ1v) is 7.55. The lowest BCUT2D eigenvalue weighted by molar-refractivity contribution is 0.572. The Kier molecular flexibility index (Phi) is 4.31. The van der Waals surface area contributed by atoms with E-state index >= 15 is 0 Å². The van der Waals surface area contributed by atoms with Crippen molar-refractivity contribution in [1.29, 1.82) is 0 Å². The fourth-order valence-corrected chi connectivity index (χ4v) is 2.66. The summed E-state index contributed by atoms with van der Waals surface area (Å²) < 4.78 is 38.8. The minimum atomic E-state index is -3.51. The Hall–Kier alpha value is -0.980. The fraction of sp³-hybridized carbons (Fsp3) is 0.500. The van der Waals surface area contributed by atoms with Crippen LogP contribution in [-0.4, -0.2) is 27.5 Å². The number of sulfonamides is 1. The standard InChI is InChI=1S/C12H17FN2O2S/c13-10-2-6-12(7-3-10)18(16,17)15-9-1-8-14-11-4-5-11/h2-3,6-7,11,14-15H,1,4-5,8-9H2. The van der Waals surface area contributed by atoms with Crippen LogP contribution in [0, 0.1) is 5.82 Å². The zero-order valence-electron chi connectivity index (χ0n) is 10.0. The highest BCUT2D eigenvalue weighted by Crippen LogP contribution is 2.18. The van der Waals surface area contributed by atoms with E-state index in [-0.39, 0.29) is 4.90 Å². The molecule has 0 aromatic heterocycles. The second-order valence-corrected chi connectivity index (χ2v) is 6.20. The molecule has 0 bridgehead atoms. The molecule has 0 amide bonds. The van der Waals surface area contributed by atoms with Crippen LogP contribution in [0.25, 0.3) is 0 Å². The largest absolute Gasteiger partial charge is 0.314 e. The molecule has 1 fully saturated rings. The molecule has 1 aromatic carbocycles. The molecule has 18 heavy (non-hydrogen) atoms. The Morgan fingerprint density at radius 2 is 1.83 bits per heavy atom. The highest BCUT2D eigenvalue weighted by molar-refractivity contribution is 7.89. The first-order valence-electron chi connectivity index (χ1n) is 6.06. The maximum Gasteiger partial charge on any atom is 0.240 e. The molecule has 2 N–H and O–H groups in total. The van der Waals surface area contributed by atoms with Gasteiger partial charge in [-0.3, -0.25) is 0 Å². The smallest absolute Gasteiger partial charge is 0.240 e. The van der Waals surface area contributed by atoms with E-state index < -0.39 is 15.8 Å². The van der Waals surface area contributed by atoms with Crippen LogP contribution < -0.4 is 10.0 Å². The molecule has 0 unspecified atom stereocenters. The number of hydrogen-bond acceptors (Lipinski definition) is 3. The van der Waals surface area contributed by atoms with E-state index in [9.17, 15) is 12.8 Å².